The van der Waals surface area contributed by atoms with Gasteiger partial charge in [0.05, 0.1) is 6.54 Å². The van der Waals surface area contributed by atoms with Crippen LogP contribution in [0.5, 0.6) is 0 Å². The van der Waals surface area contributed by atoms with Gasteiger partial charge in [0, 0.05) is 6.04 Å². The quantitative estimate of drug-likeness (QED) is 0.680. The highest BCUT2D eigenvalue weighted by Gasteiger charge is 2.18. The monoisotopic (exact) mass is 198 g/mol. The molecule has 2 N–H and O–H groups in total. The Morgan fingerprint density at radius 2 is 2.36 bits per heavy atom. The van der Waals surface area contributed by atoms with Crippen molar-refractivity contribution < 1.29 is 9.90 Å². The Morgan fingerprint density at radius 3 is 2.79 bits per heavy atom. The lowest BCUT2D eigenvalue weighted by molar-refractivity contribution is -0.140. The van der Waals surface area contributed by atoms with E-state index in [1.165, 1.54) is 17.3 Å². The molecule has 1 atom stereocenters. The second-order valence-electron chi connectivity index (χ2n) is 3.33. The number of carboxylic acid groups (broad SMARTS) is 1. The van der Waals surface area contributed by atoms with Crippen LogP contribution in [0.4, 0.5) is 0 Å². The van der Waals surface area contributed by atoms with E-state index < -0.39 is 12.0 Å². The molecule has 0 spiro atoms. The van der Waals surface area contributed by atoms with E-state index in [9.17, 15) is 4.79 Å². The van der Waals surface area contributed by atoms with Gasteiger partial charge >= 0.3 is 5.97 Å². The molecule has 1 rings (SSSR count). The minimum atomic E-state index is -0.880. The topological polar surface area (TPSA) is 80.0 Å². The van der Waals surface area contributed by atoms with Crippen LogP contribution in [-0.4, -0.2) is 37.9 Å². The van der Waals surface area contributed by atoms with Gasteiger partial charge in [-0.25, -0.2) is 4.98 Å². The van der Waals surface area contributed by atoms with Gasteiger partial charge in [-0.2, -0.15) is 5.10 Å². The second kappa shape index (κ2) is 4.71. The second-order valence-corrected chi connectivity index (χ2v) is 3.33. The van der Waals surface area contributed by atoms with Gasteiger partial charge in [0.2, 0.25) is 0 Å². The van der Waals surface area contributed by atoms with Crippen molar-refractivity contribution >= 4 is 5.97 Å². The van der Waals surface area contributed by atoms with E-state index >= 15 is 0 Å². The van der Waals surface area contributed by atoms with Gasteiger partial charge in [0.25, 0.3) is 0 Å². The molecule has 0 fully saturated rings. The molecule has 0 aliphatic carbocycles. The third-order valence-electron chi connectivity index (χ3n) is 1.67. The molecule has 14 heavy (non-hydrogen) atoms. The van der Waals surface area contributed by atoms with Crippen molar-refractivity contribution in [3.8, 4) is 0 Å². The molecule has 1 aromatic heterocycles. The Morgan fingerprint density at radius 1 is 1.64 bits per heavy atom. The van der Waals surface area contributed by atoms with Crippen LogP contribution in [0.1, 0.15) is 13.8 Å². The van der Waals surface area contributed by atoms with Crippen LogP contribution in [0.2, 0.25) is 0 Å². The third-order valence-corrected chi connectivity index (χ3v) is 1.67. The van der Waals surface area contributed by atoms with Crippen molar-refractivity contribution in [3.05, 3.63) is 12.7 Å². The Hall–Kier alpha value is -1.43. The molecule has 0 amide bonds. The van der Waals surface area contributed by atoms with Crippen molar-refractivity contribution in [3.63, 3.8) is 0 Å². The molecule has 0 radical (unpaired) electrons. The highest BCUT2D eigenvalue weighted by molar-refractivity contribution is 5.73. The lowest BCUT2D eigenvalue weighted by Crippen LogP contribution is -2.43. The number of aliphatic carboxylic acids is 1. The zero-order valence-electron chi connectivity index (χ0n) is 8.21. The summed E-state index contributed by atoms with van der Waals surface area (Å²) in [6.07, 6.45) is 2.88. The summed E-state index contributed by atoms with van der Waals surface area (Å²) in [5.74, 6) is -0.880. The molecular weight excluding hydrogens is 184 g/mol. The van der Waals surface area contributed by atoms with Gasteiger partial charge in [0.15, 0.2) is 0 Å². The first-order valence-corrected chi connectivity index (χ1v) is 4.41. The maximum atomic E-state index is 10.8. The Balaban J connectivity index is 2.56. The summed E-state index contributed by atoms with van der Waals surface area (Å²) < 4.78 is 1.49. The lowest BCUT2D eigenvalue weighted by Gasteiger charge is -2.16. The normalized spacial score (nSPS) is 13.1. The number of carboxylic acids is 1. The first-order valence-electron chi connectivity index (χ1n) is 4.41. The van der Waals surface area contributed by atoms with Gasteiger partial charge in [-0.05, 0) is 0 Å². The lowest BCUT2D eigenvalue weighted by atomic mass is 10.2. The van der Waals surface area contributed by atoms with Crippen LogP contribution in [-0.2, 0) is 11.3 Å². The molecule has 0 saturated carbocycles. The highest BCUT2D eigenvalue weighted by Crippen LogP contribution is 1.92. The fourth-order valence-electron chi connectivity index (χ4n) is 1.12. The molecule has 0 aliphatic rings. The van der Waals surface area contributed by atoms with E-state index in [-0.39, 0.29) is 12.6 Å². The molecule has 0 bridgehead atoms. The summed E-state index contributed by atoms with van der Waals surface area (Å²) in [6, 6.07) is -0.503. The van der Waals surface area contributed by atoms with Crippen LogP contribution in [0.25, 0.3) is 0 Å². The third kappa shape index (κ3) is 3.14. The van der Waals surface area contributed by atoms with Crippen molar-refractivity contribution in [1.29, 1.82) is 0 Å². The molecule has 78 valence electrons. The number of aromatic nitrogens is 3. The van der Waals surface area contributed by atoms with Gasteiger partial charge in [-0.15, -0.1) is 0 Å². The minimum absolute atomic E-state index is 0.125. The number of hydrogen-bond acceptors (Lipinski definition) is 4. The standard InChI is InChI=1S/C8H14N4O2/c1-6(2)11-7(8(13)14)3-12-5-9-4-10-12/h4-7,11H,3H2,1-2H3,(H,13,14). The molecule has 6 heteroatoms. The Labute approximate surface area is 82.0 Å². The number of nitrogens with one attached hydrogen (secondary N) is 1. The zero-order valence-corrected chi connectivity index (χ0v) is 8.21. The predicted octanol–water partition coefficient (Wildman–Crippen LogP) is -0.271. The summed E-state index contributed by atoms with van der Waals surface area (Å²) in [5.41, 5.74) is 0. The van der Waals surface area contributed by atoms with E-state index in [0.717, 1.165) is 0 Å². The van der Waals surface area contributed by atoms with Gasteiger partial charge in [-0.3, -0.25) is 9.48 Å². The highest BCUT2D eigenvalue weighted by atomic mass is 16.4. The molecular formula is C8H14N4O2. The van der Waals surface area contributed by atoms with E-state index in [2.05, 4.69) is 15.4 Å². The fraction of sp³-hybridized carbons (Fsp3) is 0.625. The first kappa shape index (κ1) is 10.6. The van der Waals surface area contributed by atoms with Crippen molar-refractivity contribution in [2.45, 2.75) is 32.5 Å². The van der Waals surface area contributed by atoms with E-state index in [4.69, 9.17) is 5.11 Å². The average Bonchev–Trinajstić information content (AvgIpc) is 2.54. The molecule has 1 heterocycles. The molecule has 1 aromatic rings. The van der Waals surface area contributed by atoms with E-state index in [1.807, 2.05) is 13.8 Å². The summed E-state index contributed by atoms with van der Waals surface area (Å²) >= 11 is 0. The van der Waals surface area contributed by atoms with Crippen molar-refractivity contribution in [1.82, 2.24) is 20.1 Å². The molecule has 6 nitrogen and oxygen atoms in total. The number of carbonyl (C=O) groups is 1. The van der Waals surface area contributed by atoms with Crippen LogP contribution in [0.15, 0.2) is 12.7 Å². The SMILES string of the molecule is CC(C)NC(Cn1cncn1)C(=O)O. The minimum Gasteiger partial charge on any atom is -0.480 e. The molecule has 1 unspecified atom stereocenters. The van der Waals surface area contributed by atoms with Gasteiger partial charge in [0.1, 0.15) is 18.7 Å². The predicted molar refractivity (Wildman–Crippen MR) is 49.7 cm³/mol. The molecule has 0 aliphatic heterocycles. The average molecular weight is 198 g/mol. The first-order chi connectivity index (χ1) is 6.59. The van der Waals surface area contributed by atoms with Crippen molar-refractivity contribution in [2.75, 3.05) is 0 Å². The number of hydrogen-bond donors (Lipinski definition) is 2. The van der Waals surface area contributed by atoms with E-state index in [0.29, 0.717) is 0 Å². The number of nitrogens with zero attached hydrogens (tertiary/aromatic N) is 3. The summed E-state index contributed by atoms with van der Waals surface area (Å²) in [4.78, 5) is 14.6. The summed E-state index contributed by atoms with van der Waals surface area (Å²) in [6.45, 7) is 4.09. The van der Waals surface area contributed by atoms with Crippen LogP contribution < -0.4 is 5.32 Å². The number of rotatable bonds is 5. The Kier molecular flexibility index (Phi) is 3.58. The maximum Gasteiger partial charge on any atom is 0.322 e. The van der Waals surface area contributed by atoms with Gasteiger partial charge < -0.3 is 10.4 Å². The smallest absolute Gasteiger partial charge is 0.322 e. The Bertz CT molecular complexity index is 284. The summed E-state index contributed by atoms with van der Waals surface area (Å²) in [5, 5.41) is 15.7. The fourth-order valence-corrected chi connectivity index (χ4v) is 1.12. The van der Waals surface area contributed by atoms with Crippen LogP contribution >= 0.6 is 0 Å². The molecule has 0 saturated heterocycles. The molecule has 0 aromatic carbocycles. The van der Waals surface area contributed by atoms with E-state index in [1.54, 1.807) is 0 Å². The van der Waals surface area contributed by atoms with Crippen LogP contribution in [0, 0.1) is 0 Å². The summed E-state index contributed by atoms with van der Waals surface area (Å²) in [7, 11) is 0. The van der Waals surface area contributed by atoms with Gasteiger partial charge in [-0.1, -0.05) is 13.8 Å². The maximum absolute atomic E-state index is 10.8. The zero-order chi connectivity index (χ0) is 10.6. The largest absolute Gasteiger partial charge is 0.480 e. The van der Waals surface area contributed by atoms with Crippen molar-refractivity contribution in [2.24, 2.45) is 0 Å². The van der Waals surface area contributed by atoms with Crippen LogP contribution in [0.3, 0.4) is 0 Å².